The zero-order valence-corrected chi connectivity index (χ0v) is 14.4. The van der Waals surface area contributed by atoms with Gasteiger partial charge in [-0.3, -0.25) is 4.79 Å². The third-order valence-corrected chi connectivity index (χ3v) is 4.58. The van der Waals surface area contributed by atoms with Crippen LogP contribution in [0.25, 0.3) is 0 Å². The van der Waals surface area contributed by atoms with Crippen LogP contribution in [0, 0.1) is 5.92 Å². The third kappa shape index (κ3) is 4.84. The molecule has 1 aromatic rings. The van der Waals surface area contributed by atoms with Gasteiger partial charge in [0.1, 0.15) is 0 Å². The van der Waals surface area contributed by atoms with Crippen LogP contribution in [0.2, 0.25) is 0 Å². The van der Waals surface area contributed by atoms with E-state index in [0.717, 1.165) is 37.9 Å². The first-order valence-corrected chi connectivity index (χ1v) is 8.53. The summed E-state index contributed by atoms with van der Waals surface area (Å²) >= 11 is 0. The lowest BCUT2D eigenvalue weighted by atomic mass is 9.95. The molecule has 1 atom stereocenters. The van der Waals surface area contributed by atoms with Crippen molar-refractivity contribution in [2.45, 2.75) is 52.0 Å². The van der Waals surface area contributed by atoms with E-state index in [1.165, 1.54) is 5.56 Å². The summed E-state index contributed by atoms with van der Waals surface area (Å²) in [6, 6.07) is 8.88. The molecule has 122 valence electrons. The Labute approximate surface area is 135 Å². The van der Waals surface area contributed by atoms with Crippen LogP contribution in [0.1, 0.15) is 50.7 Å². The predicted molar refractivity (Wildman–Crippen MR) is 92.1 cm³/mol. The molecule has 0 aliphatic carbocycles. The first kappa shape index (κ1) is 17.0. The second-order valence-electron chi connectivity index (χ2n) is 7.15. The lowest BCUT2D eigenvalue weighted by Gasteiger charge is -2.30. The Morgan fingerprint density at radius 2 is 1.77 bits per heavy atom. The van der Waals surface area contributed by atoms with Gasteiger partial charge >= 0.3 is 0 Å². The molecule has 22 heavy (non-hydrogen) atoms. The summed E-state index contributed by atoms with van der Waals surface area (Å²) in [7, 11) is 2.14. The molecule has 1 aliphatic rings. The van der Waals surface area contributed by atoms with E-state index in [1.54, 1.807) is 0 Å². The van der Waals surface area contributed by atoms with Gasteiger partial charge in [0.25, 0.3) is 0 Å². The van der Waals surface area contributed by atoms with Crippen molar-refractivity contribution in [3.8, 4) is 0 Å². The van der Waals surface area contributed by atoms with Crippen LogP contribution in [-0.4, -0.2) is 37.0 Å². The Morgan fingerprint density at radius 1 is 1.18 bits per heavy atom. The van der Waals surface area contributed by atoms with Crippen LogP contribution in [0.5, 0.6) is 0 Å². The fourth-order valence-corrected chi connectivity index (χ4v) is 3.04. The number of carbonyl (C=O) groups is 1. The fourth-order valence-electron chi connectivity index (χ4n) is 3.04. The van der Waals surface area contributed by atoms with Crippen LogP contribution in [0.15, 0.2) is 24.3 Å². The van der Waals surface area contributed by atoms with Gasteiger partial charge in [0, 0.05) is 6.04 Å². The Bertz CT molecular complexity index is 473. The third-order valence-electron chi connectivity index (χ3n) is 4.58. The largest absolute Gasteiger partial charge is 0.353 e. The van der Waals surface area contributed by atoms with Crippen LogP contribution in [0.4, 0.5) is 0 Å². The van der Waals surface area contributed by atoms with Crippen molar-refractivity contribution in [3.05, 3.63) is 35.4 Å². The van der Waals surface area contributed by atoms with Crippen molar-refractivity contribution >= 4 is 5.91 Å². The van der Waals surface area contributed by atoms with Crippen molar-refractivity contribution in [1.29, 1.82) is 0 Å². The first-order valence-electron chi connectivity index (χ1n) is 8.53. The molecule has 3 nitrogen and oxygen atoms in total. The molecule has 1 saturated heterocycles. The summed E-state index contributed by atoms with van der Waals surface area (Å²) in [5, 5.41) is 3.22. The zero-order chi connectivity index (χ0) is 16.1. The molecule has 1 aromatic carbocycles. The first-order chi connectivity index (χ1) is 10.5. The SMILES string of the molecule is CC(C)Cc1ccc([C@@H](C)C(=O)NC2CCN(C)CC2)cc1. The molecule has 1 aliphatic heterocycles. The van der Waals surface area contributed by atoms with Crippen molar-refractivity contribution in [1.82, 2.24) is 10.2 Å². The van der Waals surface area contributed by atoms with E-state index in [0.29, 0.717) is 12.0 Å². The van der Waals surface area contributed by atoms with Crippen molar-refractivity contribution in [2.75, 3.05) is 20.1 Å². The minimum Gasteiger partial charge on any atom is -0.353 e. The maximum absolute atomic E-state index is 12.4. The van der Waals surface area contributed by atoms with Gasteiger partial charge in [-0.25, -0.2) is 0 Å². The van der Waals surface area contributed by atoms with Gasteiger partial charge in [0.05, 0.1) is 5.92 Å². The molecular formula is C19H30N2O. The molecule has 0 unspecified atom stereocenters. The number of benzene rings is 1. The van der Waals surface area contributed by atoms with Crippen LogP contribution < -0.4 is 5.32 Å². The fraction of sp³-hybridized carbons (Fsp3) is 0.632. The summed E-state index contributed by atoms with van der Waals surface area (Å²) < 4.78 is 0. The van der Waals surface area contributed by atoms with Crippen LogP contribution >= 0.6 is 0 Å². The molecule has 1 heterocycles. The molecule has 2 rings (SSSR count). The Morgan fingerprint density at radius 3 is 2.32 bits per heavy atom. The normalized spacial score (nSPS) is 18.4. The highest BCUT2D eigenvalue weighted by Gasteiger charge is 2.22. The topological polar surface area (TPSA) is 32.3 Å². The van der Waals surface area contributed by atoms with Gasteiger partial charge in [0.15, 0.2) is 0 Å². The van der Waals surface area contributed by atoms with Gasteiger partial charge < -0.3 is 10.2 Å². The number of amides is 1. The van der Waals surface area contributed by atoms with Crippen LogP contribution in [0.3, 0.4) is 0 Å². The Hall–Kier alpha value is -1.35. The van der Waals surface area contributed by atoms with E-state index in [-0.39, 0.29) is 11.8 Å². The number of likely N-dealkylation sites (tertiary alicyclic amines) is 1. The maximum Gasteiger partial charge on any atom is 0.227 e. The van der Waals surface area contributed by atoms with E-state index in [1.807, 2.05) is 6.92 Å². The number of nitrogens with zero attached hydrogens (tertiary/aromatic N) is 1. The van der Waals surface area contributed by atoms with E-state index in [4.69, 9.17) is 0 Å². The maximum atomic E-state index is 12.4. The summed E-state index contributed by atoms with van der Waals surface area (Å²) in [6.07, 6.45) is 3.21. The second-order valence-corrected chi connectivity index (χ2v) is 7.15. The van der Waals surface area contributed by atoms with Crippen molar-refractivity contribution in [3.63, 3.8) is 0 Å². The average molecular weight is 302 g/mol. The van der Waals surface area contributed by atoms with E-state index < -0.39 is 0 Å². The Kier molecular flexibility index (Phi) is 6.01. The molecule has 0 radical (unpaired) electrons. The van der Waals surface area contributed by atoms with E-state index >= 15 is 0 Å². The number of hydrogen-bond acceptors (Lipinski definition) is 2. The van der Waals surface area contributed by atoms with E-state index in [2.05, 4.69) is 55.4 Å². The lowest BCUT2D eigenvalue weighted by Crippen LogP contribution is -2.44. The summed E-state index contributed by atoms with van der Waals surface area (Å²) in [4.78, 5) is 14.8. The number of nitrogens with one attached hydrogen (secondary N) is 1. The molecule has 1 amide bonds. The summed E-state index contributed by atoms with van der Waals surface area (Å²) in [5.74, 6) is 0.745. The van der Waals surface area contributed by atoms with Gasteiger partial charge in [-0.15, -0.1) is 0 Å². The average Bonchev–Trinajstić information content (AvgIpc) is 2.49. The minimum atomic E-state index is -0.0762. The van der Waals surface area contributed by atoms with Crippen molar-refractivity contribution in [2.24, 2.45) is 5.92 Å². The number of rotatable bonds is 5. The highest BCUT2D eigenvalue weighted by molar-refractivity contribution is 5.83. The van der Waals surface area contributed by atoms with Gasteiger partial charge in [-0.05, 0) is 63.4 Å². The zero-order valence-electron chi connectivity index (χ0n) is 14.4. The highest BCUT2D eigenvalue weighted by atomic mass is 16.1. The van der Waals surface area contributed by atoms with E-state index in [9.17, 15) is 4.79 Å². The molecule has 0 aromatic heterocycles. The quantitative estimate of drug-likeness (QED) is 0.906. The molecule has 0 spiro atoms. The smallest absolute Gasteiger partial charge is 0.227 e. The minimum absolute atomic E-state index is 0.0762. The molecule has 0 saturated carbocycles. The summed E-state index contributed by atoms with van der Waals surface area (Å²) in [5.41, 5.74) is 2.46. The summed E-state index contributed by atoms with van der Waals surface area (Å²) in [6.45, 7) is 8.60. The van der Waals surface area contributed by atoms with Gasteiger partial charge in [-0.2, -0.15) is 0 Å². The van der Waals surface area contributed by atoms with Crippen LogP contribution in [-0.2, 0) is 11.2 Å². The number of carbonyl (C=O) groups excluding carboxylic acids is 1. The Balaban J connectivity index is 1.89. The second kappa shape index (κ2) is 7.77. The standard InChI is InChI=1S/C19H30N2O/c1-14(2)13-16-5-7-17(8-6-16)15(3)19(22)20-18-9-11-21(4)12-10-18/h5-8,14-15,18H,9-13H2,1-4H3,(H,20,22)/t15-/m1/s1. The van der Waals surface area contributed by atoms with Crippen molar-refractivity contribution < 1.29 is 4.79 Å². The van der Waals surface area contributed by atoms with Gasteiger partial charge in [0.2, 0.25) is 5.91 Å². The molecule has 1 fully saturated rings. The number of hydrogen-bond donors (Lipinski definition) is 1. The molecule has 3 heteroatoms. The molecule has 1 N–H and O–H groups in total. The molecular weight excluding hydrogens is 272 g/mol. The monoisotopic (exact) mass is 302 g/mol. The predicted octanol–water partition coefficient (Wildman–Crippen LogP) is 3.20. The molecule has 0 bridgehead atoms. The highest BCUT2D eigenvalue weighted by Crippen LogP contribution is 2.19. The lowest BCUT2D eigenvalue weighted by molar-refractivity contribution is -0.123. The number of piperidine rings is 1. The van der Waals surface area contributed by atoms with Gasteiger partial charge in [-0.1, -0.05) is 38.1 Å².